The van der Waals surface area contributed by atoms with Gasteiger partial charge < -0.3 is 11.1 Å². The molecule has 3 N–H and O–H groups in total. The van der Waals surface area contributed by atoms with E-state index in [-0.39, 0.29) is 23.2 Å². The Morgan fingerprint density at radius 3 is 2.50 bits per heavy atom. The molecule has 18 heavy (non-hydrogen) atoms. The largest absolute Gasteiger partial charge is 0.396 e. The van der Waals surface area contributed by atoms with Crippen molar-refractivity contribution in [1.29, 1.82) is 0 Å². The van der Waals surface area contributed by atoms with Crippen molar-refractivity contribution in [2.45, 2.75) is 33.2 Å². The quantitative estimate of drug-likeness (QED) is 0.814. The van der Waals surface area contributed by atoms with Crippen LogP contribution in [-0.4, -0.2) is 11.9 Å². The summed E-state index contributed by atoms with van der Waals surface area (Å²) in [5, 5.41) is 2.68. The van der Waals surface area contributed by atoms with Crippen molar-refractivity contribution in [3.63, 3.8) is 0 Å². The zero-order chi connectivity index (χ0) is 13.9. The summed E-state index contributed by atoms with van der Waals surface area (Å²) in [5.41, 5.74) is 4.85. The number of nitrogens with one attached hydrogen (secondary N) is 1. The van der Waals surface area contributed by atoms with E-state index < -0.39 is 17.5 Å². The van der Waals surface area contributed by atoms with Gasteiger partial charge in [-0.15, -0.1) is 0 Å². The molecule has 5 heteroatoms. The lowest BCUT2D eigenvalue weighted by molar-refractivity contribution is 0.0924. The lowest BCUT2D eigenvalue weighted by atomic mass is 10.0. The zero-order valence-electron chi connectivity index (χ0n) is 10.8. The molecule has 0 saturated carbocycles. The first-order valence-corrected chi connectivity index (χ1v) is 5.92. The number of halogens is 2. The number of benzene rings is 1. The Bertz CT molecular complexity index is 449. The van der Waals surface area contributed by atoms with Gasteiger partial charge in [-0.2, -0.15) is 0 Å². The second kappa shape index (κ2) is 5.80. The molecule has 0 aliphatic carbocycles. The van der Waals surface area contributed by atoms with Gasteiger partial charge >= 0.3 is 0 Å². The Morgan fingerprint density at radius 1 is 1.33 bits per heavy atom. The predicted octanol–water partition coefficient (Wildman–Crippen LogP) is 2.71. The third kappa shape index (κ3) is 3.18. The lowest BCUT2D eigenvalue weighted by Gasteiger charge is -2.20. The van der Waals surface area contributed by atoms with Gasteiger partial charge in [-0.1, -0.05) is 20.3 Å². The van der Waals surface area contributed by atoms with Gasteiger partial charge in [-0.05, 0) is 18.9 Å². The lowest BCUT2D eigenvalue weighted by Crippen LogP contribution is -2.37. The van der Waals surface area contributed by atoms with Gasteiger partial charge in [0.2, 0.25) is 0 Å². The molecule has 0 saturated heterocycles. The topological polar surface area (TPSA) is 55.1 Å². The Kier molecular flexibility index (Phi) is 4.64. The number of carbonyl (C=O) groups excluding carboxylic acids is 1. The molecule has 0 heterocycles. The Labute approximate surface area is 105 Å². The van der Waals surface area contributed by atoms with Crippen LogP contribution in [0.1, 0.15) is 37.6 Å². The number of nitrogens with two attached hydrogens (primary N) is 1. The minimum absolute atomic E-state index is 0.0897. The highest BCUT2D eigenvalue weighted by atomic mass is 19.1. The molecule has 0 aliphatic rings. The number of anilines is 1. The SMILES string of the molecule is CCC(C)C(C)NC(=O)c1cc(N)c(F)cc1F. The first kappa shape index (κ1) is 14.4. The van der Waals surface area contributed by atoms with Crippen molar-refractivity contribution < 1.29 is 13.6 Å². The van der Waals surface area contributed by atoms with Crippen LogP contribution < -0.4 is 11.1 Å². The van der Waals surface area contributed by atoms with Crippen molar-refractivity contribution in [3.8, 4) is 0 Å². The molecule has 3 nitrogen and oxygen atoms in total. The predicted molar refractivity (Wildman–Crippen MR) is 67.2 cm³/mol. The standard InChI is InChI=1S/C13H18F2N2O/c1-4-7(2)8(3)17-13(18)9-5-12(16)11(15)6-10(9)14/h5-8H,4,16H2,1-3H3,(H,17,18). The minimum Gasteiger partial charge on any atom is -0.396 e. The molecule has 0 bridgehead atoms. The second-order valence-corrected chi connectivity index (χ2v) is 4.50. The number of rotatable bonds is 4. The van der Waals surface area contributed by atoms with E-state index in [2.05, 4.69) is 5.32 Å². The average molecular weight is 256 g/mol. The van der Waals surface area contributed by atoms with Crippen molar-refractivity contribution in [2.24, 2.45) is 5.92 Å². The molecule has 0 fully saturated rings. The normalized spacial score (nSPS) is 14.1. The van der Waals surface area contributed by atoms with Crippen molar-refractivity contribution in [2.75, 3.05) is 5.73 Å². The van der Waals surface area contributed by atoms with Gasteiger partial charge in [0, 0.05) is 12.1 Å². The maximum atomic E-state index is 13.5. The average Bonchev–Trinajstić information content (AvgIpc) is 2.32. The van der Waals surface area contributed by atoms with Crippen LogP contribution in [0.5, 0.6) is 0 Å². The molecule has 0 aromatic heterocycles. The highest BCUT2D eigenvalue weighted by molar-refractivity contribution is 5.95. The van der Waals surface area contributed by atoms with E-state index in [1.165, 1.54) is 0 Å². The molecule has 2 unspecified atom stereocenters. The monoisotopic (exact) mass is 256 g/mol. The summed E-state index contributed by atoms with van der Waals surface area (Å²) in [6.07, 6.45) is 0.898. The summed E-state index contributed by atoms with van der Waals surface area (Å²) in [5.74, 6) is -2.07. The number of nitrogen functional groups attached to an aromatic ring is 1. The molecule has 1 aromatic carbocycles. The molecule has 1 rings (SSSR count). The van der Waals surface area contributed by atoms with Crippen LogP contribution in [0, 0.1) is 17.6 Å². The minimum atomic E-state index is -0.907. The number of carbonyl (C=O) groups is 1. The summed E-state index contributed by atoms with van der Waals surface area (Å²) in [6.45, 7) is 5.83. The third-order valence-corrected chi connectivity index (χ3v) is 3.19. The maximum Gasteiger partial charge on any atom is 0.254 e. The second-order valence-electron chi connectivity index (χ2n) is 4.50. The van der Waals surface area contributed by atoms with E-state index in [0.717, 1.165) is 12.5 Å². The van der Waals surface area contributed by atoms with Gasteiger partial charge in [0.1, 0.15) is 11.6 Å². The molecular weight excluding hydrogens is 238 g/mol. The van der Waals surface area contributed by atoms with Gasteiger partial charge in [0.15, 0.2) is 0 Å². The van der Waals surface area contributed by atoms with Gasteiger partial charge in [0.25, 0.3) is 5.91 Å². The van der Waals surface area contributed by atoms with E-state index in [4.69, 9.17) is 5.73 Å². The van der Waals surface area contributed by atoms with E-state index in [9.17, 15) is 13.6 Å². The summed E-state index contributed by atoms with van der Waals surface area (Å²) in [7, 11) is 0. The van der Waals surface area contributed by atoms with Crippen LogP contribution >= 0.6 is 0 Å². The fraction of sp³-hybridized carbons (Fsp3) is 0.462. The Balaban J connectivity index is 2.88. The first-order chi connectivity index (χ1) is 8.36. The fourth-order valence-corrected chi connectivity index (χ4v) is 1.52. The number of amides is 1. The first-order valence-electron chi connectivity index (χ1n) is 5.92. The molecule has 100 valence electrons. The van der Waals surface area contributed by atoms with Gasteiger partial charge in [-0.25, -0.2) is 8.78 Å². The zero-order valence-corrected chi connectivity index (χ0v) is 10.8. The maximum absolute atomic E-state index is 13.5. The Morgan fingerprint density at radius 2 is 1.94 bits per heavy atom. The molecule has 2 atom stereocenters. The molecule has 0 spiro atoms. The van der Waals surface area contributed by atoms with E-state index in [1.54, 1.807) is 0 Å². The summed E-state index contributed by atoms with van der Waals surface area (Å²) in [6, 6.07) is 1.55. The molecule has 1 amide bonds. The highest BCUT2D eigenvalue weighted by Gasteiger charge is 2.18. The summed E-state index contributed by atoms with van der Waals surface area (Å²) >= 11 is 0. The fourth-order valence-electron chi connectivity index (χ4n) is 1.52. The van der Waals surface area contributed by atoms with E-state index in [1.807, 2.05) is 20.8 Å². The summed E-state index contributed by atoms with van der Waals surface area (Å²) in [4.78, 5) is 11.8. The van der Waals surface area contributed by atoms with Crippen LogP contribution in [0.15, 0.2) is 12.1 Å². The molecule has 0 radical (unpaired) electrons. The Hall–Kier alpha value is -1.65. The van der Waals surface area contributed by atoms with Crippen LogP contribution in [0.4, 0.5) is 14.5 Å². The smallest absolute Gasteiger partial charge is 0.254 e. The summed E-state index contributed by atoms with van der Waals surface area (Å²) < 4.78 is 26.4. The van der Waals surface area contributed by atoms with Crippen LogP contribution in [0.3, 0.4) is 0 Å². The number of hydrogen-bond acceptors (Lipinski definition) is 2. The van der Waals surface area contributed by atoms with Gasteiger partial charge in [0.05, 0.1) is 11.3 Å². The van der Waals surface area contributed by atoms with Crippen LogP contribution in [-0.2, 0) is 0 Å². The van der Waals surface area contributed by atoms with Crippen molar-refractivity contribution in [3.05, 3.63) is 29.3 Å². The molecule has 1 aromatic rings. The van der Waals surface area contributed by atoms with Crippen LogP contribution in [0.2, 0.25) is 0 Å². The third-order valence-electron chi connectivity index (χ3n) is 3.19. The van der Waals surface area contributed by atoms with Gasteiger partial charge in [-0.3, -0.25) is 4.79 Å². The molecular formula is C13H18F2N2O. The van der Waals surface area contributed by atoms with E-state index >= 15 is 0 Å². The molecule has 0 aliphatic heterocycles. The van der Waals surface area contributed by atoms with E-state index in [0.29, 0.717) is 6.07 Å². The van der Waals surface area contributed by atoms with Crippen LogP contribution in [0.25, 0.3) is 0 Å². The van der Waals surface area contributed by atoms with Crippen molar-refractivity contribution >= 4 is 11.6 Å². The number of hydrogen-bond donors (Lipinski definition) is 2. The highest BCUT2D eigenvalue weighted by Crippen LogP contribution is 2.17. The van der Waals surface area contributed by atoms with Crippen molar-refractivity contribution in [1.82, 2.24) is 5.32 Å².